The molecule has 2 aliphatic rings. The average Bonchev–Trinajstić information content (AvgIpc) is 3.33. The molecular formula is C22H20F3N3O4S. The second kappa shape index (κ2) is 7.21. The van der Waals surface area contributed by atoms with Crippen molar-refractivity contribution in [1.29, 1.82) is 0 Å². The van der Waals surface area contributed by atoms with Gasteiger partial charge < -0.3 is 10.0 Å². The summed E-state index contributed by atoms with van der Waals surface area (Å²) >= 11 is 0. The van der Waals surface area contributed by atoms with Crippen molar-refractivity contribution in [1.82, 2.24) is 13.9 Å². The van der Waals surface area contributed by atoms with Crippen LogP contribution in [0.25, 0.3) is 11.0 Å². The summed E-state index contributed by atoms with van der Waals surface area (Å²) in [7, 11) is -5.62. The first-order valence-corrected chi connectivity index (χ1v) is 11.9. The standard InChI is InChI=1S/C22H20F3N3O4S/c1-12-7-14-9-19-15(16(14)10-20(12)29)3-2-6-27(19)21(30)13-4-5-18-17(8-13)26-11-28(18)33(31,32)22(23,24)25/h4-5,7-8,10-11,15,19,29H,2-3,6,9H2,1H3/t15?,19-/m0/s1. The molecule has 1 saturated heterocycles. The maximum absolute atomic E-state index is 13.4. The first-order chi connectivity index (χ1) is 15.5. The van der Waals surface area contributed by atoms with Gasteiger partial charge >= 0.3 is 15.5 Å². The molecule has 5 rings (SSSR count). The minimum absolute atomic E-state index is 0.0162. The number of imidazole rings is 1. The zero-order chi connectivity index (χ0) is 23.7. The van der Waals surface area contributed by atoms with E-state index in [0.717, 1.165) is 29.5 Å². The SMILES string of the molecule is Cc1cc2c(cc1O)C1CCCN(C(=O)c3ccc4c(c3)ncn4S(=O)(=O)C(F)(F)F)[C@H]1C2. The fraction of sp³-hybridized carbons (Fsp3) is 0.364. The van der Waals surface area contributed by atoms with Gasteiger partial charge in [0, 0.05) is 24.1 Å². The first-order valence-electron chi connectivity index (χ1n) is 10.4. The van der Waals surface area contributed by atoms with Crippen LogP contribution in [0, 0.1) is 6.92 Å². The van der Waals surface area contributed by atoms with Crippen molar-refractivity contribution >= 4 is 27.0 Å². The number of alkyl halides is 3. The minimum atomic E-state index is -5.62. The van der Waals surface area contributed by atoms with Crippen molar-refractivity contribution in [2.75, 3.05) is 6.54 Å². The number of rotatable bonds is 2. The lowest BCUT2D eigenvalue weighted by atomic mass is 9.88. The molecule has 1 unspecified atom stereocenters. The number of hydrogen-bond donors (Lipinski definition) is 1. The molecule has 1 N–H and O–H groups in total. The molecule has 1 fully saturated rings. The van der Waals surface area contributed by atoms with Crippen LogP contribution >= 0.6 is 0 Å². The Bertz CT molecular complexity index is 1400. The van der Waals surface area contributed by atoms with Gasteiger partial charge in [0.15, 0.2) is 0 Å². The van der Waals surface area contributed by atoms with Crippen molar-refractivity contribution in [3.05, 3.63) is 58.9 Å². The molecule has 174 valence electrons. The molecule has 11 heteroatoms. The predicted molar refractivity (Wildman–Crippen MR) is 113 cm³/mol. The molecule has 0 radical (unpaired) electrons. The second-order valence-electron chi connectivity index (χ2n) is 8.55. The van der Waals surface area contributed by atoms with Gasteiger partial charge in [0.1, 0.15) is 12.1 Å². The Kier molecular flexibility index (Phi) is 4.75. The van der Waals surface area contributed by atoms with E-state index in [-0.39, 0.29) is 44.2 Å². The third kappa shape index (κ3) is 3.28. The number of aromatic nitrogens is 2. The Balaban J connectivity index is 1.47. The molecule has 33 heavy (non-hydrogen) atoms. The van der Waals surface area contributed by atoms with Crippen LogP contribution < -0.4 is 0 Å². The van der Waals surface area contributed by atoms with Gasteiger partial charge in [-0.1, -0.05) is 6.07 Å². The molecule has 2 atom stereocenters. The fourth-order valence-corrected chi connectivity index (χ4v) is 5.84. The van der Waals surface area contributed by atoms with Crippen LogP contribution in [0.4, 0.5) is 13.2 Å². The molecule has 2 heterocycles. The van der Waals surface area contributed by atoms with Crippen LogP contribution in [-0.4, -0.2) is 51.4 Å². The summed E-state index contributed by atoms with van der Waals surface area (Å²) in [6.07, 6.45) is 2.93. The molecule has 3 aromatic rings. The summed E-state index contributed by atoms with van der Waals surface area (Å²) < 4.78 is 62.5. The molecule has 2 aromatic carbocycles. The lowest BCUT2D eigenvalue weighted by Crippen LogP contribution is -2.46. The highest BCUT2D eigenvalue weighted by Gasteiger charge is 2.48. The summed E-state index contributed by atoms with van der Waals surface area (Å²) in [5, 5.41) is 10.1. The zero-order valence-electron chi connectivity index (χ0n) is 17.5. The number of nitrogens with zero attached hydrogens (tertiary/aromatic N) is 3. The summed E-state index contributed by atoms with van der Waals surface area (Å²) in [5.74, 6) is 0.0466. The number of aromatic hydroxyl groups is 1. The lowest BCUT2D eigenvalue weighted by molar-refractivity contribution is -0.0445. The van der Waals surface area contributed by atoms with E-state index in [1.807, 2.05) is 13.0 Å². The van der Waals surface area contributed by atoms with Crippen molar-refractivity contribution in [2.24, 2.45) is 0 Å². The van der Waals surface area contributed by atoms with E-state index in [1.54, 1.807) is 11.0 Å². The van der Waals surface area contributed by atoms with Crippen LogP contribution in [0.1, 0.15) is 45.8 Å². The smallest absolute Gasteiger partial charge is 0.508 e. The van der Waals surface area contributed by atoms with Gasteiger partial charge in [-0.15, -0.1) is 0 Å². The fourth-order valence-electron chi connectivity index (χ4n) is 5.04. The van der Waals surface area contributed by atoms with E-state index < -0.39 is 15.5 Å². The third-order valence-corrected chi connectivity index (χ3v) is 8.03. The van der Waals surface area contributed by atoms with Gasteiger partial charge in [-0.25, -0.2) is 8.96 Å². The normalized spacial score (nSPS) is 20.7. The number of carbonyl (C=O) groups is 1. The van der Waals surface area contributed by atoms with Gasteiger partial charge in [0.2, 0.25) is 0 Å². The van der Waals surface area contributed by atoms with Crippen molar-refractivity contribution < 1.29 is 31.5 Å². The second-order valence-corrected chi connectivity index (χ2v) is 10.4. The van der Waals surface area contributed by atoms with E-state index >= 15 is 0 Å². The minimum Gasteiger partial charge on any atom is -0.508 e. The van der Waals surface area contributed by atoms with Crippen molar-refractivity contribution in [3.8, 4) is 5.75 Å². The number of piperidine rings is 1. The van der Waals surface area contributed by atoms with Crippen molar-refractivity contribution in [3.63, 3.8) is 0 Å². The molecule has 1 aliphatic carbocycles. The number of amides is 1. The summed E-state index contributed by atoms with van der Waals surface area (Å²) in [4.78, 5) is 18.9. The van der Waals surface area contributed by atoms with E-state index in [1.165, 1.54) is 18.2 Å². The van der Waals surface area contributed by atoms with E-state index in [0.29, 0.717) is 19.3 Å². The molecule has 1 amide bonds. The lowest BCUT2D eigenvalue weighted by Gasteiger charge is -2.38. The Hall–Kier alpha value is -3.08. The molecular weight excluding hydrogens is 459 g/mol. The zero-order valence-corrected chi connectivity index (χ0v) is 18.3. The molecule has 0 saturated carbocycles. The Morgan fingerprint density at radius 1 is 1.21 bits per heavy atom. The summed E-state index contributed by atoms with van der Waals surface area (Å²) in [6.45, 7) is 2.36. The molecule has 1 aromatic heterocycles. The topological polar surface area (TPSA) is 92.5 Å². The van der Waals surface area contributed by atoms with Gasteiger partial charge in [0.25, 0.3) is 5.91 Å². The Labute approximate surface area is 187 Å². The highest BCUT2D eigenvalue weighted by atomic mass is 32.2. The van der Waals surface area contributed by atoms with Gasteiger partial charge in [-0.2, -0.15) is 21.6 Å². The molecule has 0 spiro atoms. The first kappa shape index (κ1) is 21.7. The van der Waals surface area contributed by atoms with E-state index in [4.69, 9.17) is 0 Å². The third-order valence-electron chi connectivity index (χ3n) is 6.64. The maximum atomic E-state index is 13.4. The van der Waals surface area contributed by atoms with Crippen LogP contribution in [0.3, 0.4) is 0 Å². The number of phenols is 1. The van der Waals surface area contributed by atoms with Gasteiger partial charge in [-0.05, 0) is 67.1 Å². The number of halogens is 3. The van der Waals surface area contributed by atoms with Crippen LogP contribution in [0.15, 0.2) is 36.7 Å². The number of likely N-dealkylation sites (tertiary alicyclic amines) is 1. The van der Waals surface area contributed by atoms with Crippen molar-refractivity contribution in [2.45, 2.75) is 43.7 Å². The highest BCUT2D eigenvalue weighted by molar-refractivity contribution is 7.90. The number of benzene rings is 2. The van der Waals surface area contributed by atoms with E-state index in [2.05, 4.69) is 4.98 Å². The molecule has 0 bridgehead atoms. The van der Waals surface area contributed by atoms with Crippen LogP contribution in [-0.2, 0) is 16.4 Å². The van der Waals surface area contributed by atoms with Gasteiger partial charge in [0.05, 0.1) is 11.0 Å². The predicted octanol–water partition coefficient (Wildman–Crippen LogP) is 3.69. The Morgan fingerprint density at radius 3 is 2.70 bits per heavy atom. The number of carbonyl (C=O) groups excluding carboxylic acids is 1. The summed E-state index contributed by atoms with van der Waals surface area (Å²) in [6, 6.07) is 7.47. The maximum Gasteiger partial charge on any atom is 0.517 e. The highest BCUT2D eigenvalue weighted by Crippen LogP contribution is 2.44. The molecule has 1 aliphatic heterocycles. The van der Waals surface area contributed by atoms with E-state index in [9.17, 15) is 31.5 Å². The average molecular weight is 479 g/mol. The number of hydrogen-bond acceptors (Lipinski definition) is 5. The van der Waals surface area contributed by atoms with Gasteiger partial charge in [-0.3, -0.25) is 4.79 Å². The largest absolute Gasteiger partial charge is 0.517 e. The monoisotopic (exact) mass is 479 g/mol. The quantitative estimate of drug-likeness (QED) is 0.605. The summed E-state index contributed by atoms with van der Waals surface area (Å²) in [5.41, 5.74) is -2.58. The number of phenolic OH excluding ortho intramolecular Hbond substituents is 1. The number of aryl methyl sites for hydroxylation is 1. The van der Waals surface area contributed by atoms with Crippen LogP contribution in [0.2, 0.25) is 0 Å². The molecule has 7 nitrogen and oxygen atoms in total. The number of fused-ring (bicyclic) bond motifs is 4. The van der Waals surface area contributed by atoms with Crippen LogP contribution in [0.5, 0.6) is 5.75 Å². The Morgan fingerprint density at radius 2 is 1.97 bits per heavy atom.